The van der Waals surface area contributed by atoms with E-state index in [1.54, 1.807) is 0 Å². The van der Waals surface area contributed by atoms with Crippen molar-refractivity contribution in [3.05, 3.63) is 30.2 Å². The van der Waals surface area contributed by atoms with E-state index in [2.05, 4.69) is 4.98 Å². The first-order valence-electron chi connectivity index (χ1n) is 4.12. The van der Waals surface area contributed by atoms with Crippen LogP contribution in [-0.4, -0.2) is 18.5 Å². The third-order valence-corrected chi connectivity index (χ3v) is 3.37. The second kappa shape index (κ2) is 3.57. The maximum absolute atomic E-state index is 13.2. The molecule has 84 valence electrons. The van der Waals surface area contributed by atoms with Crippen molar-refractivity contribution in [1.29, 1.82) is 0 Å². The number of fused-ring (bicyclic) bond motifs is 1. The topological polar surface area (TPSA) is 67.3 Å². The number of aromatic hydroxyl groups is 1. The molecule has 0 aliphatic rings. The molecule has 0 bridgehead atoms. The van der Waals surface area contributed by atoms with Gasteiger partial charge in [0.2, 0.25) is 0 Å². The largest absolute Gasteiger partial charge is 0.506 e. The minimum Gasteiger partial charge on any atom is -0.506 e. The first kappa shape index (κ1) is 11.1. The van der Waals surface area contributed by atoms with Gasteiger partial charge in [-0.3, -0.25) is 4.98 Å². The molecule has 0 atom stereocenters. The van der Waals surface area contributed by atoms with Gasteiger partial charge in [-0.25, -0.2) is 12.8 Å². The third-order valence-electron chi connectivity index (χ3n) is 2.05. The van der Waals surface area contributed by atoms with E-state index >= 15 is 0 Å². The van der Waals surface area contributed by atoms with Crippen molar-refractivity contribution >= 4 is 30.6 Å². The molecule has 0 spiro atoms. The smallest absolute Gasteiger partial charge is 0.266 e. The number of benzene rings is 1. The Morgan fingerprint density at radius 3 is 2.69 bits per heavy atom. The summed E-state index contributed by atoms with van der Waals surface area (Å²) in [7, 11) is 0.982. The van der Waals surface area contributed by atoms with Gasteiger partial charge in [-0.05, 0) is 12.1 Å². The lowest BCUT2D eigenvalue weighted by molar-refractivity contribution is 0.465. The fourth-order valence-electron chi connectivity index (χ4n) is 1.33. The van der Waals surface area contributed by atoms with Gasteiger partial charge in [0, 0.05) is 16.1 Å². The van der Waals surface area contributed by atoms with Crippen molar-refractivity contribution < 1.29 is 17.9 Å². The monoisotopic (exact) mass is 261 g/mol. The zero-order valence-electron chi connectivity index (χ0n) is 7.68. The SMILES string of the molecule is O=S(=O)(Cl)c1cnc2c(F)cccc2c1O. The highest BCUT2D eigenvalue weighted by Crippen LogP contribution is 2.32. The van der Waals surface area contributed by atoms with Gasteiger partial charge in [0.25, 0.3) is 9.05 Å². The molecule has 0 saturated heterocycles. The van der Waals surface area contributed by atoms with Crippen LogP contribution in [0.2, 0.25) is 0 Å². The van der Waals surface area contributed by atoms with E-state index in [-0.39, 0.29) is 10.9 Å². The number of nitrogens with zero attached hydrogens (tertiary/aromatic N) is 1. The Kier molecular flexibility index (Phi) is 2.47. The number of pyridine rings is 1. The van der Waals surface area contributed by atoms with E-state index in [0.717, 1.165) is 12.3 Å². The van der Waals surface area contributed by atoms with Gasteiger partial charge in [-0.15, -0.1) is 0 Å². The summed E-state index contributed by atoms with van der Waals surface area (Å²) < 4.78 is 35.3. The molecule has 0 saturated carbocycles. The maximum Gasteiger partial charge on any atom is 0.266 e. The summed E-state index contributed by atoms with van der Waals surface area (Å²) in [5.41, 5.74) is -0.107. The zero-order valence-corrected chi connectivity index (χ0v) is 9.26. The van der Waals surface area contributed by atoms with Gasteiger partial charge >= 0.3 is 0 Å². The van der Waals surface area contributed by atoms with E-state index < -0.39 is 25.5 Å². The molecule has 0 radical (unpaired) electrons. The molecule has 0 fully saturated rings. The second-order valence-corrected chi connectivity index (χ2v) is 5.58. The standard InChI is InChI=1S/C9H5ClFNO3S/c10-16(14,15)7-4-12-8-5(9(7)13)2-1-3-6(8)11/h1-4H,(H,12,13). The average molecular weight is 262 g/mol. The molecule has 0 unspecified atom stereocenters. The summed E-state index contributed by atoms with van der Waals surface area (Å²) in [6.07, 6.45) is 0.822. The normalized spacial score (nSPS) is 11.9. The van der Waals surface area contributed by atoms with Crippen LogP contribution in [0, 0.1) is 5.82 Å². The molecule has 0 amide bonds. The molecule has 1 aromatic heterocycles. The van der Waals surface area contributed by atoms with Gasteiger partial charge in [-0.2, -0.15) is 0 Å². The molecule has 16 heavy (non-hydrogen) atoms. The molecular weight excluding hydrogens is 257 g/mol. The van der Waals surface area contributed by atoms with Crippen LogP contribution in [0.4, 0.5) is 4.39 Å². The fraction of sp³-hybridized carbons (Fsp3) is 0. The Morgan fingerprint density at radius 1 is 1.38 bits per heavy atom. The summed E-state index contributed by atoms with van der Waals surface area (Å²) in [4.78, 5) is 3.07. The van der Waals surface area contributed by atoms with E-state index in [9.17, 15) is 17.9 Å². The Hall–Kier alpha value is -1.40. The van der Waals surface area contributed by atoms with E-state index in [1.807, 2.05) is 0 Å². The second-order valence-electron chi connectivity index (χ2n) is 3.04. The summed E-state index contributed by atoms with van der Waals surface area (Å²) in [6, 6.07) is 3.85. The Morgan fingerprint density at radius 2 is 2.06 bits per heavy atom. The number of para-hydroxylation sites is 1. The molecule has 4 nitrogen and oxygen atoms in total. The van der Waals surface area contributed by atoms with E-state index in [0.29, 0.717) is 0 Å². The Bertz CT molecular complexity index is 672. The minimum absolute atomic E-state index is 0.00160. The molecule has 0 aliphatic carbocycles. The quantitative estimate of drug-likeness (QED) is 0.798. The third kappa shape index (κ3) is 1.70. The molecule has 1 aromatic carbocycles. The average Bonchev–Trinajstić information content (AvgIpc) is 2.18. The van der Waals surface area contributed by atoms with Crippen LogP contribution in [0.5, 0.6) is 5.75 Å². The maximum atomic E-state index is 13.2. The Balaban J connectivity index is 2.92. The lowest BCUT2D eigenvalue weighted by atomic mass is 10.2. The molecule has 2 aromatic rings. The van der Waals surface area contributed by atoms with Crippen LogP contribution >= 0.6 is 10.7 Å². The number of aromatic nitrogens is 1. The molecule has 1 heterocycles. The molecule has 7 heteroatoms. The van der Waals surface area contributed by atoms with Gasteiger partial charge in [0.05, 0.1) is 6.20 Å². The molecule has 2 rings (SSSR count). The highest BCUT2D eigenvalue weighted by molar-refractivity contribution is 8.13. The highest BCUT2D eigenvalue weighted by atomic mass is 35.7. The minimum atomic E-state index is -4.10. The Labute approximate surface area is 94.7 Å². The molecular formula is C9H5ClFNO3S. The summed E-state index contributed by atoms with van der Waals surface area (Å²) in [5, 5.41) is 9.64. The summed E-state index contributed by atoms with van der Waals surface area (Å²) in [6.45, 7) is 0. The van der Waals surface area contributed by atoms with Crippen molar-refractivity contribution in [2.75, 3.05) is 0 Å². The lowest BCUT2D eigenvalue weighted by Gasteiger charge is -2.04. The predicted octanol–water partition coefficient (Wildman–Crippen LogP) is 2.01. The van der Waals surface area contributed by atoms with E-state index in [4.69, 9.17) is 10.7 Å². The summed E-state index contributed by atoms with van der Waals surface area (Å²) in [5.74, 6) is -1.24. The van der Waals surface area contributed by atoms with Crippen molar-refractivity contribution in [2.45, 2.75) is 4.90 Å². The summed E-state index contributed by atoms with van der Waals surface area (Å²) >= 11 is 0. The number of rotatable bonds is 1. The van der Waals surface area contributed by atoms with Crippen molar-refractivity contribution in [3.8, 4) is 5.75 Å². The first-order chi connectivity index (χ1) is 7.41. The van der Waals surface area contributed by atoms with Gasteiger partial charge in [0.1, 0.15) is 22.0 Å². The van der Waals surface area contributed by atoms with Crippen LogP contribution in [0.3, 0.4) is 0 Å². The first-order valence-corrected chi connectivity index (χ1v) is 6.43. The van der Waals surface area contributed by atoms with Gasteiger partial charge in [0.15, 0.2) is 0 Å². The van der Waals surface area contributed by atoms with Crippen molar-refractivity contribution in [1.82, 2.24) is 4.98 Å². The van der Waals surface area contributed by atoms with Crippen LogP contribution in [0.1, 0.15) is 0 Å². The van der Waals surface area contributed by atoms with E-state index in [1.165, 1.54) is 12.1 Å². The lowest BCUT2D eigenvalue weighted by Crippen LogP contribution is -1.95. The van der Waals surface area contributed by atoms with Crippen molar-refractivity contribution in [2.24, 2.45) is 0 Å². The number of halogens is 2. The van der Waals surface area contributed by atoms with Crippen LogP contribution in [0.15, 0.2) is 29.3 Å². The van der Waals surface area contributed by atoms with Crippen molar-refractivity contribution in [3.63, 3.8) is 0 Å². The van der Waals surface area contributed by atoms with Crippen LogP contribution in [0.25, 0.3) is 10.9 Å². The molecule has 0 aliphatic heterocycles. The number of hydrogen-bond donors (Lipinski definition) is 1. The van der Waals surface area contributed by atoms with Crippen LogP contribution in [-0.2, 0) is 9.05 Å². The fourth-order valence-corrected chi connectivity index (χ4v) is 2.19. The predicted molar refractivity (Wildman–Crippen MR) is 56.4 cm³/mol. The number of hydrogen-bond acceptors (Lipinski definition) is 4. The highest BCUT2D eigenvalue weighted by Gasteiger charge is 2.19. The van der Waals surface area contributed by atoms with Crippen LogP contribution < -0.4 is 0 Å². The molecule has 1 N–H and O–H groups in total. The zero-order chi connectivity index (χ0) is 11.9. The van der Waals surface area contributed by atoms with Gasteiger partial charge in [-0.1, -0.05) is 6.07 Å². The van der Waals surface area contributed by atoms with Gasteiger partial charge < -0.3 is 5.11 Å².